The van der Waals surface area contributed by atoms with Crippen molar-refractivity contribution in [1.82, 2.24) is 10.2 Å². The predicted molar refractivity (Wildman–Crippen MR) is 78.9 cm³/mol. The van der Waals surface area contributed by atoms with Gasteiger partial charge in [0.25, 0.3) is 5.91 Å². The van der Waals surface area contributed by atoms with E-state index in [4.69, 9.17) is 0 Å². The Morgan fingerprint density at radius 2 is 2.05 bits per heavy atom. The first-order valence-electron chi connectivity index (χ1n) is 6.29. The molecule has 1 aromatic carbocycles. The molecular weight excluding hydrogens is 327 g/mol. The number of amides is 2. The number of carbonyl (C=O) groups is 2. The zero-order valence-electron chi connectivity index (χ0n) is 11.7. The SMILES string of the molecule is CC(C)CNC(=O)CN(C)C(=O)c1cccc(Br)c1F. The van der Waals surface area contributed by atoms with Crippen LogP contribution < -0.4 is 5.32 Å². The van der Waals surface area contributed by atoms with Crippen molar-refractivity contribution in [1.29, 1.82) is 0 Å². The Bertz CT molecular complexity index is 506. The first-order valence-corrected chi connectivity index (χ1v) is 7.08. The lowest BCUT2D eigenvalue weighted by atomic mass is 10.2. The largest absolute Gasteiger partial charge is 0.354 e. The van der Waals surface area contributed by atoms with Gasteiger partial charge in [0.1, 0.15) is 5.82 Å². The number of carbonyl (C=O) groups excluding carboxylic acids is 2. The molecule has 0 radical (unpaired) electrons. The van der Waals surface area contributed by atoms with E-state index in [1.807, 2.05) is 13.8 Å². The molecule has 0 unspecified atom stereocenters. The van der Waals surface area contributed by atoms with Gasteiger partial charge in [0, 0.05) is 13.6 Å². The molecule has 0 aromatic heterocycles. The van der Waals surface area contributed by atoms with E-state index < -0.39 is 11.7 Å². The van der Waals surface area contributed by atoms with Crippen LogP contribution in [0.25, 0.3) is 0 Å². The van der Waals surface area contributed by atoms with Crippen LogP contribution in [0.1, 0.15) is 24.2 Å². The molecule has 4 nitrogen and oxygen atoms in total. The molecular formula is C14H18BrFN2O2. The Morgan fingerprint density at radius 1 is 1.40 bits per heavy atom. The number of halogens is 2. The normalized spacial score (nSPS) is 10.5. The summed E-state index contributed by atoms with van der Waals surface area (Å²) in [5.41, 5.74) is -0.0569. The molecule has 0 aliphatic rings. The van der Waals surface area contributed by atoms with Gasteiger partial charge in [-0.15, -0.1) is 0 Å². The van der Waals surface area contributed by atoms with Crippen molar-refractivity contribution in [3.63, 3.8) is 0 Å². The van der Waals surface area contributed by atoms with Gasteiger partial charge in [-0.3, -0.25) is 9.59 Å². The van der Waals surface area contributed by atoms with Crippen LogP contribution >= 0.6 is 15.9 Å². The van der Waals surface area contributed by atoms with Crippen molar-refractivity contribution in [2.75, 3.05) is 20.1 Å². The molecule has 1 aromatic rings. The summed E-state index contributed by atoms with van der Waals surface area (Å²) in [6.45, 7) is 4.40. The van der Waals surface area contributed by atoms with Crippen molar-refractivity contribution in [3.05, 3.63) is 34.1 Å². The summed E-state index contributed by atoms with van der Waals surface area (Å²) >= 11 is 3.03. The molecule has 0 atom stereocenters. The first-order chi connectivity index (χ1) is 9.32. The van der Waals surface area contributed by atoms with Crippen LogP contribution in [0.3, 0.4) is 0 Å². The summed E-state index contributed by atoms with van der Waals surface area (Å²) in [7, 11) is 1.47. The Kier molecular flexibility index (Phi) is 6.13. The fourth-order valence-corrected chi connectivity index (χ4v) is 1.90. The molecule has 0 saturated carbocycles. The summed E-state index contributed by atoms with van der Waals surface area (Å²) in [6.07, 6.45) is 0. The van der Waals surface area contributed by atoms with Gasteiger partial charge in [0.2, 0.25) is 5.91 Å². The van der Waals surface area contributed by atoms with E-state index in [1.54, 1.807) is 6.07 Å². The highest BCUT2D eigenvalue weighted by atomic mass is 79.9. The molecule has 0 aliphatic heterocycles. The topological polar surface area (TPSA) is 49.4 Å². The second-order valence-electron chi connectivity index (χ2n) is 4.96. The van der Waals surface area contributed by atoms with E-state index in [1.165, 1.54) is 24.1 Å². The zero-order valence-corrected chi connectivity index (χ0v) is 13.3. The maximum atomic E-state index is 13.8. The first kappa shape index (κ1) is 16.6. The molecule has 0 aliphatic carbocycles. The monoisotopic (exact) mass is 344 g/mol. The van der Waals surface area contributed by atoms with Gasteiger partial charge >= 0.3 is 0 Å². The summed E-state index contributed by atoms with van der Waals surface area (Å²) in [5.74, 6) is -1.07. The fourth-order valence-electron chi connectivity index (χ4n) is 1.54. The summed E-state index contributed by atoms with van der Waals surface area (Å²) < 4.78 is 14.0. The number of nitrogens with zero attached hydrogens (tertiary/aromatic N) is 1. The van der Waals surface area contributed by atoms with Crippen molar-refractivity contribution in [2.45, 2.75) is 13.8 Å². The Balaban J connectivity index is 2.67. The highest BCUT2D eigenvalue weighted by molar-refractivity contribution is 9.10. The van der Waals surface area contributed by atoms with Crippen LogP contribution in [0.2, 0.25) is 0 Å². The number of benzene rings is 1. The molecule has 110 valence electrons. The summed E-state index contributed by atoms with van der Waals surface area (Å²) in [4.78, 5) is 24.9. The lowest BCUT2D eigenvalue weighted by molar-refractivity contribution is -0.121. The third-order valence-corrected chi connectivity index (χ3v) is 3.23. The van der Waals surface area contributed by atoms with Crippen LogP contribution in [0.4, 0.5) is 4.39 Å². The van der Waals surface area contributed by atoms with Crippen LogP contribution in [0, 0.1) is 11.7 Å². The quantitative estimate of drug-likeness (QED) is 0.891. The minimum atomic E-state index is -0.619. The Labute approximate surface area is 126 Å². The van der Waals surface area contributed by atoms with Gasteiger partial charge in [-0.2, -0.15) is 0 Å². The number of hydrogen-bond donors (Lipinski definition) is 1. The maximum Gasteiger partial charge on any atom is 0.257 e. The van der Waals surface area contributed by atoms with Crippen LogP contribution in [0.5, 0.6) is 0 Å². The van der Waals surface area contributed by atoms with Gasteiger partial charge in [-0.25, -0.2) is 4.39 Å². The number of hydrogen-bond acceptors (Lipinski definition) is 2. The third-order valence-electron chi connectivity index (χ3n) is 2.62. The molecule has 6 heteroatoms. The second-order valence-corrected chi connectivity index (χ2v) is 5.81. The fraction of sp³-hybridized carbons (Fsp3) is 0.429. The van der Waals surface area contributed by atoms with Crippen molar-refractivity contribution in [2.24, 2.45) is 5.92 Å². The van der Waals surface area contributed by atoms with Gasteiger partial charge < -0.3 is 10.2 Å². The maximum absolute atomic E-state index is 13.8. The zero-order chi connectivity index (χ0) is 15.3. The van der Waals surface area contributed by atoms with Crippen LogP contribution in [-0.4, -0.2) is 36.9 Å². The molecule has 0 saturated heterocycles. The van der Waals surface area contributed by atoms with Gasteiger partial charge in [-0.1, -0.05) is 19.9 Å². The molecule has 0 fully saturated rings. The van der Waals surface area contributed by atoms with E-state index in [-0.39, 0.29) is 22.5 Å². The lowest BCUT2D eigenvalue weighted by Gasteiger charge is -2.18. The molecule has 20 heavy (non-hydrogen) atoms. The molecule has 0 bridgehead atoms. The van der Waals surface area contributed by atoms with Crippen molar-refractivity contribution >= 4 is 27.7 Å². The molecule has 0 heterocycles. The molecule has 1 N–H and O–H groups in total. The minimum absolute atomic E-state index is 0.0569. The third kappa shape index (κ3) is 4.59. The standard InChI is InChI=1S/C14H18BrFN2O2/c1-9(2)7-17-12(19)8-18(3)14(20)10-5-4-6-11(15)13(10)16/h4-6,9H,7-8H2,1-3H3,(H,17,19). The van der Waals surface area contributed by atoms with E-state index in [2.05, 4.69) is 21.2 Å². The lowest BCUT2D eigenvalue weighted by Crippen LogP contribution is -2.39. The summed E-state index contributed by atoms with van der Waals surface area (Å²) in [5, 5.41) is 2.71. The van der Waals surface area contributed by atoms with Crippen molar-refractivity contribution < 1.29 is 14.0 Å². The number of likely N-dealkylation sites (N-methyl/N-ethyl adjacent to an activating group) is 1. The van der Waals surface area contributed by atoms with Crippen LogP contribution in [-0.2, 0) is 4.79 Å². The highest BCUT2D eigenvalue weighted by Gasteiger charge is 2.19. The summed E-state index contributed by atoms with van der Waals surface area (Å²) in [6, 6.07) is 4.49. The van der Waals surface area contributed by atoms with E-state index in [0.29, 0.717) is 12.5 Å². The Morgan fingerprint density at radius 3 is 2.65 bits per heavy atom. The number of nitrogens with one attached hydrogen (secondary N) is 1. The predicted octanol–water partition coefficient (Wildman–Crippen LogP) is 2.43. The van der Waals surface area contributed by atoms with E-state index in [0.717, 1.165) is 0 Å². The second kappa shape index (κ2) is 7.38. The molecule has 0 spiro atoms. The average molecular weight is 345 g/mol. The molecule has 1 rings (SSSR count). The average Bonchev–Trinajstić information content (AvgIpc) is 2.38. The van der Waals surface area contributed by atoms with Gasteiger partial charge in [-0.05, 0) is 34.0 Å². The highest BCUT2D eigenvalue weighted by Crippen LogP contribution is 2.19. The van der Waals surface area contributed by atoms with Crippen LogP contribution in [0.15, 0.2) is 22.7 Å². The smallest absolute Gasteiger partial charge is 0.257 e. The van der Waals surface area contributed by atoms with Gasteiger partial charge in [0.05, 0.1) is 16.6 Å². The van der Waals surface area contributed by atoms with E-state index >= 15 is 0 Å². The van der Waals surface area contributed by atoms with Gasteiger partial charge in [0.15, 0.2) is 0 Å². The number of rotatable bonds is 5. The molecule has 2 amide bonds. The minimum Gasteiger partial charge on any atom is -0.354 e. The Hall–Kier alpha value is -1.43. The van der Waals surface area contributed by atoms with E-state index in [9.17, 15) is 14.0 Å². The van der Waals surface area contributed by atoms with Crippen molar-refractivity contribution in [3.8, 4) is 0 Å².